The molecule has 0 saturated carbocycles. The second kappa shape index (κ2) is 8.53. The maximum atomic E-state index is 12.4. The molecule has 2 N–H and O–H groups in total. The van der Waals surface area contributed by atoms with Crippen molar-refractivity contribution in [1.82, 2.24) is 5.32 Å². The first-order chi connectivity index (χ1) is 11.6. The minimum absolute atomic E-state index is 0.183. The molecule has 2 amide bonds. The fourth-order valence-corrected chi connectivity index (χ4v) is 2.06. The predicted octanol–water partition coefficient (Wildman–Crippen LogP) is 3.20. The van der Waals surface area contributed by atoms with Gasteiger partial charge in [-0.15, -0.1) is 0 Å². The Labute approximate surface area is 141 Å². The molecule has 0 aromatic heterocycles. The summed E-state index contributed by atoms with van der Waals surface area (Å²) in [7, 11) is 0. The topological polar surface area (TPSA) is 67.4 Å². The van der Waals surface area contributed by atoms with E-state index in [1.54, 1.807) is 30.3 Å². The molecule has 0 bridgehead atoms. The Morgan fingerprint density at radius 3 is 2.29 bits per heavy atom. The van der Waals surface area contributed by atoms with Crippen LogP contribution in [0.25, 0.3) is 6.08 Å². The van der Waals surface area contributed by atoms with E-state index in [0.29, 0.717) is 12.3 Å². The molecule has 0 saturated heterocycles. The van der Waals surface area contributed by atoms with E-state index in [4.69, 9.17) is 4.74 Å². The summed E-state index contributed by atoms with van der Waals surface area (Å²) in [6.45, 7) is 3.85. The van der Waals surface area contributed by atoms with Crippen LogP contribution in [0, 0.1) is 0 Å². The standard InChI is InChI=1S/C19H20N2O3/c1-3-24-17-11-9-16(10-12-17)21-19(23)18(20-14(2)22)13-15-7-5-4-6-8-15/h4-13H,3H2,1-2H3,(H,20,22)(H,21,23)/b18-13+. The van der Waals surface area contributed by atoms with E-state index in [0.717, 1.165) is 11.3 Å². The summed E-state index contributed by atoms with van der Waals surface area (Å²) in [4.78, 5) is 23.8. The van der Waals surface area contributed by atoms with Crippen molar-refractivity contribution in [3.8, 4) is 5.75 Å². The van der Waals surface area contributed by atoms with Crippen LogP contribution in [-0.2, 0) is 9.59 Å². The Kier molecular flexibility index (Phi) is 6.14. The van der Waals surface area contributed by atoms with Gasteiger partial charge < -0.3 is 15.4 Å². The average molecular weight is 324 g/mol. The van der Waals surface area contributed by atoms with Gasteiger partial charge in [0.05, 0.1) is 6.61 Å². The highest BCUT2D eigenvalue weighted by Crippen LogP contribution is 2.16. The normalized spacial score (nSPS) is 10.8. The third-order valence-corrected chi connectivity index (χ3v) is 3.09. The maximum absolute atomic E-state index is 12.4. The van der Waals surface area contributed by atoms with Crippen molar-refractivity contribution in [3.05, 3.63) is 65.9 Å². The number of benzene rings is 2. The summed E-state index contributed by atoms with van der Waals surface area (Å²) in [5.41, 5.74) is 1.62. The van der Waals surface area contributed by atoms with E-state index in [-0.39, 0.29) is 11.6 Å². The Morgan fingerprint density at radius 1 is 1.04 bits per heavy atom. The molecule has 0 radical (unpaired) electrons. The lowest BCUT2D eigenvalue weighted by Gasteiger charge is -2.10. The number of carbonyl (C=O) groups excluding carboxylic acids is 2. The molecular formula is C19H20N2O3. The highest BCUT2D eigenvalue weighted by atomic mass is 16.5. The van der Waals surface area contributed by atoms with Gasteiger partial charge in [0, 0.05) is 12.6 Å². The molecule has 0 fully saturated rings. The van der Waals surface area contributed by atoms with Crippen molar-refractivity contribution in [2.24, 2.45) is 0 Å². The van der Waals surface area contributed by atoms with Gasteiger partial charge in [-0.3, -0.25) is 9.59 Å². The van der Waals surface area contributed by atoms with Crippen LogP contribution in [0.5, 0.6) is 5.75 Å². The zero-order chi connectivity index (χ0) is 17.4. The molecule has 0 unspecified atom stereocenters. The first kappa shape index (κ1) is 17.3. The third-order valence-electron chi connectivity index (χ3n) is 3.09. The van der Waals surface area contributed by atoms with Crippen molar-refractivity contribution < 1.29 is 14.3 Å². The molecule has 0 spiro atoms. The SMILES string of the molecule is CCOc1ccc(NC(=O)/C(=C\c2ccccc2)NC(C)=O)cc1. The molecule has 5 heteroatoms. The van der Waals surface area contributed by atoms with Gasteiger partial charge in [0.25, 0.3) is 5.91 Å². The fourth-order valence-electron chi connectivity index (χ4n) is 2.06. The molecule has 124 valence electrons. The average Bonchev–Trinajstić information content (AvgIpc) is 2.57. The zero-order valence-corrected chi connectivity index (χ0v) is 13.7. The Morgan fingerprint density at radius 2 is 1.71 bits per heavy atom. The first-order valence-corrected chi connectivity index (χ1v) is 7.67. The van der Waals surface area contributed by atoms with Crippen LogP contribution in [-0.4, -0.2) is 18.4 Å². The lowest BCUT2D eigenvalue weighted by molar-refractivity contribution is -0.120. The van der Waals surface area contributed by atoms with Crippen LogP contribution in [0.2, 0.25) is 0 Å². The molecule has 0 heterocycles. The largest absolute Gasteiger partial charge is 0.494 e. The van der Waals surface area contributed by atoms with Crippen LogP contribution < -0.4 is 15.4 Å². The van der Waals surface area contributed by atoms with Gasteiger partial charge in [0.15, 0.2) is 0 Å². The lowest BCUT2D eigenvalue weighted by Crippen LogP contribution is -2.28. The van der Waals surface area contributed by atoms with Crippen molar-refractivity contribution >= 4 is 23.6 Å². The van der Waals surface area contributed by atoms with E-state index < -0.39 is 5.91 Å². The molecule has 24 heavy (non-hydrogen) atoms. The van der Waals surface area contributed by atoms with Gasteiger partial charge >= 0.3 is 0 Å². The third kappa shape index (κ3) is 5.28. The van der Waals surface area contributed by atoms with Gasteiger partial charge in [0.2, 0.25) is 5.91 Å². The second-order valence-corrected chi connectivity index (χ2v) is 5.06. The minimum Gasteiger partial charge on any atom is -0.494 e. The Hall–Kier alpha value is -3.08. The van der Waals surface area contributed by atoms with Gasteiger partial charge in [0.1, 0.15) is 11.4 Å². The van der Waals surface area contributed by atoms with Gasteiger partial charge in [-0.05, 0) is 42.8 Å². The molecular weight excluding hydrogens is 304 g/mol. The molecule has 5 nitrogen and oxygen atoms in total. The number of amides is 2. The molecule has 0 atom stereocenters. The number of rotatable bonds is 6. The highest BCUT2D eigenvalue weighted by molar-refractivity contribution is 6.08. The number of nitrogens with one attached hydrogen (secondary N) is 2. The van der Waals surface area contributed by atoms with E-state index >= 15 is 0 Å². The number of anilines is 1. The first-order valence-electron chi connectivity index (χ1n) is 7.67. The number of carbonyl (C=O) groups is 2. The molecule has 0 aliphatic rings. The molecule has 0 aliphatic carbocycles. The summed E-state index contributed by atoms with van der Waals surface area (Å²) < 4.78 is 5.36. The van der Waals surface area contributed by atoms with Crippen molar-refractivity contribution in [2.75, 3.05) is 11.9 Å². The summed E-state index contributed by atoms with van der Waals surface area (Å²) >= 11 is 0. The number of ether oxygens (including phenoxy) is 1. The Bertz CT molecular complexity index is 722. The van der Waals surface area contributed by atoms with E-state index in [9.17, 15) is 9.59 Å². The fraction of sp³-hybridized carbons (Fsp3) is 0.158. The quantitative estimate of drug-likeness (QED) is 0.802. The zero-order valence-electron chi connectivity index (χ0n) is 13.7. The van der Waals surface area contributed by atoms with Crippen LogP contribution in [0.3, 0.4) is 0 Å². The lowest BCUT2D eigenvalue weighted by atomic mass is 10.2. The molecule has 2 rings (SSSR count). The van der Waals surface area contributed by atoms with Crippen LogP contribution in [0.15, 0.2) is 60.3 Å². The minimum atomic E-state index is -0.391. The van der Waals surface area contributed by atoms with Crippen molar-refractivity contribution in [3.63, 3.8) is 0 Å². The van der Waals surface area contributed by atoms with Crippen molar-refractivity contribution in [2.45, 2.75) is 13.8 Å². The van der Waals surface area contributed by atoms with Gasteiger partial charge in [-0.25, -0.2) is 0 Å². The van der Waals surface area contributed by atoms with Crippen molar-refractivity contribution in [1.29, 1.82) is 0 Å². The van der Waals surface area contributed by atoms with Crippen LogP contribution in [0.1, 0.15) is 19.4 Å². The summed E-state index contributed by atoms with van der Waals surface area (Å²) in [6.07, 6.45) is 1.63. The number of hydrogen-bond acceptors (Lipinski definition) is 3. The summed E-state index contributed by atoms with van der Waals surface area (Å²) in [5, 5.41) is 5.32. The van der Waals surface area contributed by atoms with E-state index in [2.05, 4.69) is 10.6 Å². The second-order valence-electron chi connectivity index (χ2n) is 5.06. The van der Waals surface area contributed by atoms with Gasteiger partial charge in [-0.1, -0.05) is 30.3 Å². The highest BCUT2D eigenvalue weighted by Gasteiger charge is 2.11. The smallest absolute Gasteiger partial charge is 0.272 e. The molecule has 2 aromatic carbocycles. The maximum Gasteiger partial charge on any atom is 0.272 e. The van der Waals surface area contributed by atoms with Crippen LogP contribution >= 0.6 is 0 Å². The Balaban J connectivity index is 2.15. The predicted molar refractivity (Wildman–Crippen MR) is 94.5 cm³/mol. The number of hydrogen-bond donors (Lipinski definition) is 2. The van der Waals surface area contributed by atoms with Gasteiger partial charge in [-0.2, -0.15) is 0 Å². The molecule has 0 aliphatic heterocycles. The van der Waals surface area contributed by atoms with E-state index in [1.165, 1.54) is 6.92 Å². The monoisotopic (exact) mass is 324 g/mol. The summed E-state index contributed by atoms with van der Waals surface area (Å²) in [5.74, 6) is 0.0367. The van der Waals surface area contributed by atoms with E-state index in [1.807, 2.05) is 37.3 Å². The summed E-state index contributed by atoms with van der Waals surface area (Å²) in [6, 6.07) is 16.4. The molecule has 2 aromatic rings. The van der Waals surface area contributed by atoms with Crippen LogP contribution in [0.4, 0.5) is 5.69 Å².